The molecular weight excluding hydrogens is 204 g/mol. The van der Waals surface area contributed by atoms with Gasteiger partial charge in [0.1, 0.15) is 5.75 Å². The van der Waals surface area contributed by atoms with Crippen LogP contribution in [-0.4, -0.2) is 17.7 Å². The smallest absolute Gasteiger partial charge is 0.315 e. The largest absolute Gasteiger partial charge is 0.508 e. The molecule has 1 saturated heterocycles. The van der Waals surface area contributed by atoms with E-state index in [0.29, 0.717) is 11.6 Å². The molecule has 2 rings (SSSR count). The van der Waals surface area contributed by atoms with Crippen molar-refractivity contribution >= 4 is 17.6 Å². The summed E-state index contributed by atoms with van der Waals surface area (Å²) in [5.74, 6) is 0.121. The summed E-state index contributed by atoms with van der Waals surface area (Å²) in [6.45, 7) is 0.517. The molecule has 1 aliphatic rings. The Labute approximate surface area is 85.9 Å². The van der Waals surface area contributed by atoms with Crippen LogP contribution in [0.1, 0.15) is 11.6 Å². The lowest BCUT2D eigenvalue weighted by Crippen LogP contribution is -2.21. The third-order valence-corrected chi connectivity index (χ3v) is 2.46. The van der Waals surface area contributed by atoms with Crippen LogP contribution in [-0.2, 0) is 0 Å². The van der Waals surface area contributed by atoms with E-state index < -0.39 is 0 Å². The summed E-state index contributed by atoms with van der Waals surface area (Å²) >= 11 is 5.92. The fourth-order valence-electron chi connectivity index (χ4n) is 1.44. The van der Waals surface area contributed by atoms with Crippen molar-refractivity contribution in [1.82, 2.24) is 10.6 Å². The summed E-state index contributed by atoms with van der Waals surface area (Å²) in [6.07, 6.45) is 0. The molecule has 1 aromatic rings. The van der Waals surface area contributed by atoms with Crippen molar-refractivity contribution in [3.63, 3.8) is 0 Å². The van der Waals surface area contributed by atoms with Gasteiger partial charge in [-0.3, -0.25) is 0 Å². The van der Waals surface area contributed by atoms with Gasteiger partial charge in [0.25, 0.3) is 0 Å². The van der Waals surface area contributed by atoms with Crippen molar-refractivity contribution in [3.05, 3.63) is 28.8 Å². The van der Waals surface area contributed by atoms with Gasteiger partial charge in [-0.05, 0) is 17.7 Å². The van der Waals surface area contributed by atoms with Gasteiger partial charge >= 0.3 is 6.03 Å². The Morgan fingerprint density at radius 2 is 2.29 bits per heavy atom. The van der Waals surface area contributed by atoms with Gasteiger partial charge in [-0.15, -0.1) is 0 Å². The molecule has 0 radical (unpaired) electrons. The monoisotopic (exact) mass is 212 g/mol. The predicted octanol–water partition coefficient (Wildman–Crippen LogP) is 1.40. The zero-order valence-corrected chi connectivity index (χ0v) is 8.01. The minimum atomic E-state index is -0.195. The number of phenols is 1. The standard InChI is InChI=1S/C9H9ClN2O2/c10-7-3-5(13)1-2-6(7)8-4-11-9(14)12-8/h1-3,8,13H,4H2,(H2,11,12,14)/t8-/m1/s1. The molecule has 0 saturated carbocycles. The topological polar surface area (TPSA) is 61.4 Å². The maximum Gasteiger partial charge on any atom is 0.315 e. The molecule has 0 aromatic heterocycles. The zero-order valence-electron chi connectivity index (χ0n) is 7.25. The number of aromatic hydroxyl groups is 1. The molecule has 0 bridgehead atoms. The average Bonchev–Trinajstić information content (AvgIpc) is 2.51. The molecule has 2 amide bonds. The Morgan fingerprint density at radius 3 is 2.86 bits per heavy atom. The van der Waals surface area contributed by atoms with Gasteiger partial charge in [0.15, 0.2) is 0 Å². The zero-order chi connectivity index (χ0) is 10.1. The van der Waals surface area contributed by atoms with E-state index >= 15 is 0 Å². The number of rotatable bonds is 1. The van der Waals surface area contributed by atoms with E-state index in [1.807, 2.05) is 0 Å². The highest BCUT2D eigenvalue weighted by atomic mass is 35.5. The summed E-state index contributed by atoms with van der Waals surface area (Å²) < 4.78 is 0. The normalized spacial score (nSPS) is 20.4. The van der Waals surface area contributed by atoms with E-state index in [1.54, 1.807) is 12.1 Å². The lowest BCUT2D eigenvalue weighted by Gasteiger charge is -2.10. The number of hydrogen-bond donors (Lipinski definition) is 3. The Hall–Kier alpha value is -1.42. The Kier molecular flexibility index (Phi) is 2.21. The van der Waals surface area contributed by atoms with Gasteiger partial charge in [0.2, 0.25) is 0 Å². The van der Waals surface area contributed by atoms with Gasteiger partial charge < -0.3 is 15.7 Å². The van der Waals surface area contributed by atoms with E-state index in [9.17, 15) is 4.79 Å². The number of carbonyl (C=O) groups excluding carboxylic acids is 1. The number of carbonyl (C=O) groups is 1. The van der Waals surface area contributed by atoms with Gasteiger partial charge in [0, 0.05) is 11.6 Å². The van der Waals surface area contributed by atoms with Crippen molar-refractivity contribution in [2.45, 2.75) is 6.04 Å². The molecule has 0 spiro atoms. The summed E-state index contributed by atoms with van der Waals surface area (Å²) in [4.78, 5) is 10.9. The summed E-state index contributed by atoms with van der Waals surface area (Å²) in [6, 6.07) is 4.40. The van der Waals surface area contributed by atoms with Crippen LogP contribution in [0.15, 0.2) is 18.2 Å². The molecule has 1 aromatic carbocycles. The van der Waals surface area contributed by atoms with Crippen LogP contribution in [0, 0.1) is 0 Å². The molecule has 1 aliphatic heterocycles. The van der Waals surface area contributed by atoms with E-state index in [1.165, 1.54) is 6.07 Å². The Bertz CT molecular complexity index is 381. The molecule has 4 nitrogen and oxygen atoms in total. The average molecular weight is 213 g/mol. The van der Waals surface area contributed by atoms with Crippen LogP contribution in [0.4, 0.5) is 4.79 Å². The van der Waals surface area contributed by atoms with Crippen LogP contribution in [0.5, 0.6) is 5.75 Å². The van der Waals surface area contributed by atoms with E-state index in [-0.39, 0.29) is 17.8 Å². The highest BCUT2D eigenvalue weighted by Gasteiger charge is 2.23. The molecule has 74 valence electrons. The van der Waals surface area contributed by atoms with Crippen LogP contribution in [0.3, 0.4) is 0 Å². The van der Waals surface area contributed by atoms with Crippen molar-refractivity contribution in [3.8, 4) is 5.75 Å². The second kappa shape index (κ2) is 3.38. The number of phenolic OH excluding ortho intramolecular Hbond substituents is 1. The molecule has 5 heteroatoms. The minimum absolute atomic E-state index is 0.115. The molecule has 0 aliphatic carbocycles. The Morgan fingerprint density at radius 1 is 1.50 bits per heavy atom. The second-order valence-electron chi connectivity index (χ2n) is 3.11. The molecule has 1 fully saturated rings. The first-order chi connectivity index (χ1) is 6.66. The van der Waals surface area contributed by atoms with Gasteiger partial charge in [-0.1, -0.05) is 17.7 Å². The van der Waals surface area contributed by atoms with Crippen molar-refractivity contribution < 1.29 is 9.90 Å². The molecule has 3 N–H and O–H groups in total. The molecular formula is C9H9ClN2O2. The van der Waals surface area contributed by atoms with Crippen molar-refractivity contribution in [2.24, 2.45) is 0 Å². The highest BCUT2D eigenvalue weighted by Crippen LogP contribution is 2.27. The first-order valence-corrected chi connectivity index (χ1v) is 4.57. The second-order valence-corrected chi connectivity index (χ2v) is 3.52. The minimum Gasteiger partial charge on any atom is -0.508 e. The van der Waals surface area contributed by atoms with E-state index in [2.05, 4.69) is 10.6 Å². The molecule has 0 unspecified atom stereocenters. The lowest BCUT2D eigenvalue weighted by atomic mass is 10.1. The molecule has 1 atom stereocenters. The summed E-state index contributed by atoms with van der Waals surface area (Å²) in [5, 5.41) is 15.0. The first kappa shape index (κ1) is 9.15. The highest BCUT2D eigenvalue weighted by molar-refractivity contribution is 6.31. The number of urea groups is 1. The third kappa shape index (κ3) is 1.61. The van der Waals surface area contributed by atoms with Crippen LogP contribution in [0.25, 0.3) is 0 Å². The summed E-state index contributed by atoms with van der Waals surface area (Å²) in [5.41, 5.74) is 0.808. The van der Waals surface area contributed by atoms with E-state index in [0.717, 1.165) is 5.56 Å². The maximum atomic E-state index is 10.9. The fraction of sp³-hybridized carbons (Fsp3) is 0.222. The van der Waals surface area contributed by atoms with Gasteiger partial charge in [-0.2, -0.15) is 0 Å². The van der Waals surface area contributed by atoms with Crippen LogP contribution in [0.2, 0.25) is 5.02 Å². The fourth-order valence-corrected chi connectivity index (χ4v) is 1.75. The van der Waals surface area contributed by atoms with Crippen molar-refractivity contribution in [1.29, 1.82) is 0 Å². The number of amides is 2. The first-order valence-electron chi connectivity index (χ1n) is 4.19. The third-order valence-electron chi connectivity index (χ3n) is 2.13. The number of benzene rings is 1. The van der Waals surface area contributed by atoms with E-state index in [4.69, 9.17) is 16.7 Å². The predicted molar refractivity (Wildman–Crippen MR) is 52.4 cm³/mol. The quantitative estimate of drug-likeness (QED) is 0.659. The van der Waals surface area contributed by atoms with Gasteiger partial charge in [-0.25, -0.2) is 4.79 Å². The molecule has 14 heavy (non-hydrogen) atoms. The van der Waals surface area contributed by atoms with Crippen LogP contribution >= 0.6 is 11.6 Å². The number of hydrogen-bond acceptors (Lipinski definition) is 2. The summed E-state index contributed by atoms with van der Waals surface area (Å²) in [7, 11) is 0. The molecule has 1 heterocycles. The maximum absolute atomic E-state index is 10.9. The number of nitrogens with one attached hydrogen (secondary N) is 2. The SMILES string of the molecule is O=C1NC[C@H](c2ccc(O)cc2Cl)N1. The van der Waals surface area contributed by atoms with Gasteiger partial charge in [0.05, 0.1) is 6.04 Å². The van der Waals surface area contributed by atoms with Crippen LogP contribution < -0.4 is 10.6 Å². The lowest BCUT2D eigenvalue weighted by molar-refractivity contribution is 0.247. The Balaban J connectivity index is 2.28. The number of halogens is 1. The van der Waals surface area contributed by atoms with Crippen molar-refractivity contribution in [2.75, 3.05) is 6.54 Å².